The molecule has 2 rings (SSSR count). The number of nitrogens with one attached hydrogen (secondary N) is 1. The lowest BCUT2D eigenvalue weighted by molar-refractivity contribution is 0.132. The number of aromatic amines is 1. The minimum Gasteiger partial charge on any atom is -0.391 e. The van der Waals surface area contributed by atoms with Gasteiger partial charge in [0.25, 0.3) is 0 Å². The van der Waals surface area contributed by atoms with Gasteiger partial charge in [0.1, 0.15) is 0 Å². The highest BCUT2D eigenvalue weighted by Gasteiger charge is 2.16. The number of halogens is 1. The largest absolute Gasteiger partial charge is 0.391 e. The summed E-state index contributed by atoms with van der Waals surface area (Å²) in [6, 6.07) is 7.77. The molecule has 4 heteroatoms. The van der Waals surface area contributed by atoms with Crippen molar-refractivity contribution in [2.45, 2.75) is 38.3 Å². The molecule has 0 saturated carbocycles. The fourth-order valence-corrected chi connectivity index (χ4v) is 2.09. The standard InChI is InChI=1S/C14H20N2O.ClH/c1-2-3-4-13(17)14(15)11-5-6-12-10(9-11)7-8-16-12;/h5-9,13-14,16-17H,2-4,15H2,1H3;1H/t13-,14+;/m0./s1. The summed E-state index contributed by atoms with van der Waals surface area (Å²) < 4.78 is 0. The van der Waals surface area contributed by atoms with Crippen LogP contribution in [0.15, 0.2) is 30.5 Å². The zero-order chi connectivity index (χ0) is 12.3. The predicted octanol–water partition coefficient (Wildman–Crippen LogP) is 3.14. The highest BCUT2D eigenvalue weighted by molar-refractivity contribution is 5.85. The first-order valence-electron chi connectivity index (χ1n) is 6.23. The van der Waals surface area contributed by atoms with Gasteiger partial charge in [0.15, 0.2) is 0 Å². The molecule has 0 aliphatic heterocycles. The Bertz CT molecular complexity index is 483. The minimum atomic E-state index is -0.452. The van der Waals surface area contributed by atoms with Crippen molar-refractivity contribution in [2.75, 3.05) is 0 Å². The first-order chi connectivity index (χ1) is 8.22. The van der Waals surface area contributed by atoms with E-state index in [0.717, 1.165) is 35.7 Å². The monoisotopic (exact) mass is 268 g/mol. The summed E-state index contributed by atoms with van der Waals surface area (Å²) >= 11 is 0. The molecule has 18 heavy (non-hydrogen) atoms. The summed E-state index contributed by atoms with van der Waals surface area (Å²) in [7, 11) is 0. The number of benzene rings is 1. The van der Waals surface area contributed by atoms with E-state index >= 15 is 0 Å². The molecule has 1 aromatic carbocycles. The van der Waals surface area contributed by atoms with Gasteiger partial charge < -0.3 is 15.8 Å². The van der Waals surface area contributed by atoms with E-state index in [1.165, 1.54) is 0 Å². The van der Waals surface area contributed by atoms with Crippen molar-refractivity contribution in [3.8, 4) is 0 Å². The molecule has 2 aromatic rings. The van der Waals surface area contributed by atoms with Gasteiger partial charge in [-0.2, -0.15) is 0 Å². The summed E-state index contributed by atoms with van der Waals surface area (Å²) in [5.74, 6) is 0. The molecule has 0 amide bonds. The number of nitrogens with two attached hydrogens (primary N) is 1. The highest BCUT2D eigenvalue weighted by Crippen LogP contribution is 2.22. The van der Waals surface area contributed by atoms with Crippen molar-refractivity contribution in [1.29, 1.82) is 0 Å². The first kappa shape index (κ1) is 15.0. The van der Waals surface area contributed by atoms with Crippen LogP contribution in [0.25, 0.3) is 10.9 Å². The normalized spacial score (nSPS) is 14.2. The molecule has 0 unspecified atom stereocenters. The topological polar surface area (TPSA) is 62.0 Å². The van der Waals surface area contributed by atoms with Crippen molar-refractivity contribution in [1.82, 2.24) is 4.98 Å². The third-order valence-corrected chi connectivity index (χ3v) is 3.23. The molecular formula is C14H21ClN2O. The number of hydrogen-bond donors (Lipinski definition) is 3. The number of aliphatic hydroxyl groups excluding tert-OH is 1. The molecule has 0 spiro atoms. The number of fused-ring (bicyclic) bond motifs is 1. The Kier molecular flexibility index (Phi) is 5.66. The van der Waals surface area contributed by atoms with Crippen molar-refractivity contribution in [2.24, 2.45) is 5.73 Å². The Morgan fingerprint density at radius 3 is 2.83 bits per heavy atom. The highest BCUT2D eigenvalue weighted by atomic mass is 35.5. The molecule has 1 aromatic heterocycles. The maximum atomic E-state index is 9.99. The Labute approximate surface area is 114 Å². The number of aliphatic hydroxyl groups is 1. The van der Waals surface area contributed by atoms with Crippen molar-refractivity contribution in [3.63, 3.8) is 0 Å². The van der Waals surface area contributed by atoms with Gasteiger partial charge in [-0.25, -0.2) is 0 Å². The maximum Gasteiger partial charge on any atom is 0.0732 e. The van der Waals surface area contributed by atoms with Crippen LogP contribution in [0.4, 0.5) is 0 Å². The van der Waals surface area contributed by atoms with Crippen LogP contribution < -0.4 is 5.73 Å². The van der Waals surface area contributed by atoms with Crippen LogP contribution in [-0.4, -0.2) is 16.2 Å². The van der Waals surface area contributed by atoms with Crippen LogP contribution in [-0.2, 0) is 0 Å². The van der Waals surface area contributed by atoms with Crippen LogP contribution in [0, 0.1) is 0 Å². The Morgan fingerprint density at radius 1 is 1.33 bits per heavy atom. The molecule has 4 N–H and O–H groups in total. The molecule has 0 aliphatic carbocycles. The molecular weight excluding hydrogens is 248 g/mol. The van der Waals surface area contributed by atoms with E-state index in [4.69, 9.17) is 5.73 Å². The van der Waals surface area contributed by atoms with Crippen molar-refractivity contribution >= 4 is 23.3 Å². The smallest absolute Gasteiger partial charge is 0.0732 e. The number of hydrogen-bond acceptors (Lipinski definition) is 2. The second kappa shape index (κ2) is 6.78. The number of rotatable bonds is 5. The van der Waals surface area contributed by atoms with Gasteiger partial charge in [-0.1, -0.05) is 25.8 Å². The van der Waals surface area contributed by atoms with Crippen LogP contribution in [0.5, 0.6) is 0 Å². The van der Waals surface area contributed by atoms with Gasteiger partial charge in [0.05, 0.1) is 12.1 Å². The summed E-state index contributed by atoms with van der Waals surface area (Å²) in [6.45, 7) is 2.12. The molecule has 1 heterocycles. The lowest BCUT2D eigenvalue weighted by Crippen LogP contribution is -2.26. The quantitative estimate of drug-likeness (QED) is 0.780. The second-order valence-corrected chi connectivity index (χ2v) is 4.56. The zero-order valence-corrected chi connectivity index (χ0v) is 11.4. The van der Waals surface area contributed by atoms with E-state index in [1.807, 2.05) is 30.5 Å². The summed E-state index contributed by atoms with van der Waals surface area (Å²) in [5, 5.41) is 11.1. The summed E-state index contributed by atoms with van der Waals surface area (Å²) in [6.07, 6.45) is 4.32. The first-order valence-corrected chi connectivity index (χ1v) is 6.23. The van der Waals surface area contributed by atoms with Crippen molar-refractivity contribution < 1.29 is 5.11 Å². The summed E-state index contributed by atoms with van der Waals surface area (Å²) in [5.41, 5.74) is 8.18. The SMILES string of the molecule is CCCC[C@H](O)[C@H](N)c1ccc2[nH]ccc2c1.Cl. The summed E-state index contributed by atoms with van der Waals surface area (Å²) in [4.78, 5) is 3.15. The van der Waals surface area contributed by atoms with Gasteiger partial charge >= 0.3 is 0 Å². The third-order valence-electron chi connectivity index (χ3n) is 3.23. The van der Waals surface area contributed by atoms with Crippen LogP contribution in [0.2, 0.25) is 0 Å². The van der Waals surface area contributed by atoms with E-state index in [1.54, 1.807) is 0 Å². The molecule has 0 saturated heterocycles. The van der Waals surface area contributed by atoms with Crippen molar-refractivity contribution in [3.05, 3.63) is 36.0 Å². The fraction of sp³-hybridized carbons (Fsp3) is 0.429. The number of unbranched alkanes of at least 4 members (excludes halogenated alkanes) is 1. The molecule has 0 fully saturated rings. The molecule has 0 radical (unpaired) electrons. The van der Waals surface area contributed by atoms with E-state index in [9.17, 15) is 5.11 Å². The molecule has 2 atom stereocenters. The van der Waals surface area contributed by atoms with Crippen LogP contribution >= 0.6 is 12.4 Å². The molecule has 0 aliphatic rings. The maximum absolute atomic E-state index is 9.99. The minimum absolute atomic E-state index is 0. The number of H-pyrrole nitrogens is 1. The van der Waals surface area contributed by atoms with E-state index < -0.39 is 6.10 Å². The number of aromatic nitrogens is 1. The second-order valence-electron chi connectivity index (χ2n) is 4.56. The van der Waals surface area contributed by atoms with Crippen LogP contribution in [0.3, 0.4) is 0 Å². The molecule has 3 nitrogen and oxygen atoms in total. The Hall–Kier alpha value is -1.03. The third kappa shape index (κ3) is 3.25. The van der Waals surface area contributed by atoms with Gasteiger partial charge in [-0.3, -0.25) is 0 Å². The average Bonchev–Trinajstić information content (AvgIpc) is 2.81. The van der Waals surface area contributed by atoms with E-state index in [2.05, 4.69) is 11.9 Å². The Morgan fingerprint density at radius 2 is 2.11 bits per heavy atom. The van der Waals surface area contributed by atoms with Gasteiger partial charge in [-0.05, 0) is 35.6 Å². The van der Waals surface area contributed by atoms with E-state index in [-0.39, 0.29) is 18.4 Å². The zero-order valence-electron chi connectivity index (χ0n) is 10.6. The lowest BCUT2D eigenvalue weighted by Gasteiger charge is -2.19. The predicted molar refractivity (Wildman–Crippen MR) is 78.0 cm³/mol. The molecule has 0 bridgehead atoms. The van der Waals surface area contributed by atoms with E-state index in [0.29, 0.717) is 0 Å². The van der Waals surface area contributed by atoms with Gasteiger partial charge in [0, 0.05) is 11.7 Å². The van der Waals surface area contributed by atoms with Crippen LogP contribution in [0.1, 0.15) is 37.8 Å². The Balaban J connectivity index is 0.00000162. The lowest BCUT2D eigenvalue weighted by atomic mass is 9.97. The van der Waals surface area contributed by atoms with Gasteiger partial charge in [0.2, 0.25) is 0 Å². The fourth-order valence-electron chi connectivity index (χ4n) is 2.09. The molecule has 100 valence electrons. The average molecular weight is 269 g/mol. The van der Waals surface area contributed by atoms with Gasteiger partial charge in [-0.15, -0.1) is 12.4 Å².